The molecular formula is C20H13ClFN3. The average molecular weight is 350 g/mol. The van der Waals surface area contributed by atoms with Crippen molar-refractivity contribution >= 4 is 34.0 Å². The molecule has 5 heteroatoms. The molecule has 0 atom stereocenters. The van der Waals surface area contributed by atoms with Crippen LogP contribution in [0.3, 0.4) is 0 Å². The summed E-state index contributed by atoms with van der Waals surface area (Å²) >= 11 is 5.94. The summed E-state index contributed by atoms with van der Waals surface area (Å²) in [7, 11) is 0. The van der Waals surface area contributed by atoms with E-state index in [-0.39, 0.29) is 5.82 Å². The second kappa shape index (κ2) is 6.49. The lowest BCUT2D eigenvalue weighted by Crippen LogP contribution is -2.00. The van der Waals surface area contributed by atoms with Crippen molar-refractivity contribution < 1.29 is 4.39 Å². The molecule has 1 heterocycles. The van der Waals surface area contributed by atoms with Crippen LogP contribution in [0, 0.1) is 5.82 Å². The Labute approximate surface area is 149 Å². The molecule has 0 saturated carbocycles. The van der Waals surface area contributed by atoms with E-state index in [0.717, 1.165) is 16.6 Å². The van der Waals surface area contributed by atoms with Crippen LogP contribution in [-0.4, -0.2) is 9.97 Å². The highest BCUT2D eigenvalue weighted by atomic mass is 35.5. The number of nitrogens with one attached hydrogen (secondary N) is 1. The van der Waals surface area contributed by atoms with Crippen molar-refractivity contribution in [2.24, 2.45) is 0 Å². The number of rotatable bonds is 3. The largest absolute Gasteiger partial charge is 0.340 e. The standard InChI is InChI=1S/C20H13ClFN3/c21-13-9-11-14(12-10-13)23-20-16-6-2-4-8-18(16)24-19(25-20)15-5-1-3-7-17(15)22/h1-12H,(H,23,24,25). The summed E-state index contributed by atoms with van der Waals surface area (Å²) in [5, 5.41) is 4.79. The fourth-order valence-electron chi connectivity index (χ4n) is 2.60. The molecule has 0 bridgehead atoms. The molecule has 0 aliphatic rings. The first-order valence-electron chi connectivity index (χ1n) is 7.75. The summed E-state index contributed by atoms with van der Waals surface area (Å²) < 4.78 is 14.2. The number of nitrogens with zero attached hydrogens (tertiary/aromatic N) is 2. The molecule has 1 N–H and O–H groups in total. The quantitative estimate of drug-likeness (QED) is 0.505. The average Bonchev–Trinajstić information content (AvgIpc) is 2.64. The first-order chi connectivity index (χ1) is 12.2. The predicted molar refractivity (Wildman–Crippen MR) is 99.7 cm³/mol. The summed E-state index contributed by atoms with van der Waals surface area (Å²) in [5.74, 6) is 0.606. The maximum absolute atomic E-state index is 14.2. The first-order valence-corrected chi connectivity index (χ1v) is 8.13. The van der Waals surface area contributed by atoms with Crippen molar-refractivity contribution in [1.82, 2.24) is 9.97 Å². The van der Waals surface area contributed by atoms with Crippen LogP contribution >= 0.6 is 11.6 Å². The monoisotopic (exact) mass is 349 g/mol. The van der Waals surface area contributed by atoms with Crippen LogP contribution in [0.1, 0.15) is 0 Å². The molecule has 3 nitrogen and oxygen atoms in total. The normalized spacial score (nSPS) is 10.8. The number of halogens is 2. The number of fused-ring (bicyclic) bond motifs is 1. The van der Waals surface area contributed by atoms with Gasteiger partial charge in [0.05, 0.1) is 11.1 Å². The van der Waals surface area contributed by atoms with Gasteiger partial charge in [0.1, 0.15) is 11.6 Å². The minimum Gasteiger partial charge on any atom is -0.340 e. The van der Waals surface area contributed by atoms with Gasteiger partial charge in [0, 0.05) is 16.1 Å². The van der Waals surface area contributed by atoms with Crippen molar-refractivity contribution in [2.75, 3.05) is 5.32 Å². The van der Waals surface area contributed by atoms with Gasteiger partial charge in [-0.25, -0.2) is 14.4 Å². The molecule has 0 aliphatic heterocycles. The minimum absolute atomic E-state index is 0.341. The Morgan fingerprint density at radius 1 is 0.800 bits per heavy atom. The first kappa shape index (κ1) is 15.5. The number of hydrogen-bond acceptors (Lipinski definition) is 3. The number of para-hydroxylation sites is 1. The van der Waals surface area contributed by atoms with E-state index in [1.165, 1.54) is 6.07 Å². The van der Waals surface area contributed by atoms with Crippen LogP contribution in [0.25, 0.3) is 22.3 Å². The summed E-state index contributed by atoms with van der Waals surface area (Å²) in [6.07, 6.45) is 0. The maximum atomic E-state index is 14.2. The van der Waals surface area contributed by atoms with E-state index in [1.807, 2.05) is 36.4 Å². The van der Waals surface area contributed by atoms with E-state index in [9.17, 15) is 4.39 Å². The molecule has 4 aromatic rings. The van der Waals surface area contributed by atoms with Gasteiger partial charge in [-0.2, -0.15) is 0 Å². The van der Waals surface area contributed by atoms with Gasteiger partial charge in [0.15, 0.2) is 5.82 Å². The van der Waals surface area contributed by atoms with Crippen LogP contribution in [0.4, 0.5) is 15.9 Å². The summed E-state index contributed by atoms with van der Waals surface area (Å²) in [4.78, 5) is 9.06. The fraction of sp³-hybridized carbons (Fsp3) is 0. The Kier molecular flexibility index (Phi) is 4.04. The fourth-order valence-corrected chi connectivity index (χ4v) is 2.73. The molecule has 25 heavy (non-hydrogen) atoms. The van der Waals surface area contributed by atoms with Crippen LogP contribution in [-0.2, 0) is 0 Å². The molecule has 0 aliphatic carbocycles. The minimum atomic E-state index is -0.352. The molecule has 4 rings (SSSR count). The molecule has 0 unspecified atom stereocenters. The lowest BCUT2D eigenvalue weighted by Gasteiger charge is -2.11. The zero-order valence-corrected chi connectivity index (χ0v) is 13.8. The van der Waals surface area contributed by atoms with Crippen molar-refractivity contribution in [3.63, 3.8) is 0 Å². The SMILES string of the molecule is Fc1ccccc1-c1nc(Nc2ccc(Cl)cc2)c2ccccc2n1. The second-order valence-electron chi connectivity index (χ2n) is 5.52. The van der Waals surface area contributed by atoms with Gasteiger partial charge < -0.3 is 5.32 Å². The number of hydrogen-bond donors (Lipinski definition) is 1. The smallest absolute Gasteiger partial charge is 0.165 e. The molecule has 0 spiro atoms. The zero-order chi connectivity index (χ0) is 17.2. The predicted octanol–water partition coefficient (Wildman–Crippen LogP) is 5.83. The molecule has 0 amide bonds. The van der Waals surface area contributed by atoms with Gasteiger partial charge in [0.25, 0.3) is 0 Å². The Bertz CT molecular complexity index is 1050. The molecule has 1 aromatic heterocycles. The Balaban J connectivity index is 1.87. The van der Waals surface area contributed by atoms with Crippen molar-refractivity contribution in [1.29, 1.82) is 0 Å². The Hall–Kier alpha value is -2.98. The van der Waals surface area contributed by atoms with Gasteiger partial charge in [-0.15, -0.1) is 0 Å². The Morgan fingerprint density at radius 3 is 2.32 bits per heavy atom. The van der Waals surface area contributed by atoms with Crippen molar-refractivity contribution in [3.8, 4) is 11.4 Å². The topological polar surface area (TPSA) is 37.8 Å². The van der Waals surface area contributed by atoms with E-state index in [0.29, 0.717) is 22.2 Å². The van der Waals surface area contributed by atoms with Crippen LogP contribution in [0.5, 0.6) is 0 Å². The van der Waals surface area contributed by atoms with Gasteiger partial charge in [-0.05, 0) is 48.5 Å². The second-order valence-corrected chi connectivity index (χ2v) is 5.96. The summed E-state index contributed by atoms with van der Waals surface area (Å²) in [6.45, 7) is 0. The lowest BCUT2D eigenvalue weighted by atomic mass is 10.1. The number of anilines is 2. The lowest BCUT2D eigenvalue weighted by molar-refractivity contribution is 0.630. The number of benzene rings is 3. The van der Waals surface area contributed by atoms with Crippen molar-refractivity contribution in [3.05, 3.63) is 83.6 Å². The van der Waals surface area contributed by atoms with E-state index in [4.69, 9.17) is 11.6 Å². The highest BCUT2D eigenvalue weighted by Gasteiger charge is 2.12. The van der Waals surface area contributed by atoms with Gasteiger partial charge in [0.2, 0.25) is 0 Å². The maximum Gasteiger partial charge on any atom is 0.165 e. The van der Waals surface area contributed by atoms with E-state index < -0.39 is 0 Å². The third-order valence-electron chi connectivity index (χ3n) is 3.82. The third-order valence-corrected chi connectivity index (χ3v) is 4.08. The molecule has 3 aromatic carbocycles. The zero-order valence-electron chi connectivity index (χ0n) is 13.1. The molecule has 122 valence electrons. The van der Waals surface area contributed by atoms with Gasteiger partial charge >= 0.3 is 0 Å². The Morgan fingerprint density at radius 2 is 1.52 bits per heavy atom. The molecule has 0 radical (unpaired) electrons. The summed E-state index contributed by atoms with van der Waals surface area (Å²) in [5.41, 5.74) is 1.95. The van der Waals surface area contributed by atoms with E-state index >= 15 is 0 Å². The molecule has 0 fully saturated rings. The van der Waals surface area contributed by atoms with Gasteiger partial charge in [-0.3, -0.25) is 0 Å². The van der Waals surface area contributed by atoms with E-state index in [1.54, 1.807) is 30.3 Å². The van der Waals surface area contributed by atoms with Crippen molar-refractivity contribution in [2.45, 2.75) is 0 Å². The highest BCUT2D eigenvalue weighted by Crippen LogP contribution is 2.28. The molecule has 0 saturated heterocycles. The molecular weight excluding hydrogens is 337 g/mol. The highest BCUT2D eigenvalue weighted by molar-refractivity contribution is 6.30. The number of aromatic nitrogens is 2. The van der Waals surface area contributed by atoms with Gasteiger partial charge in [-0.1, -0.05) is 35.9 Å². The van der Waals surface area contributed by atoms with Crippen LogP contribution in [0.15, 0.2) is 72.8 Å². The summed E-state index contributed by atoms with van der Waals surface area (Å²) in [6, 6.07) is 21.4. The van der Waals surface area contributed by atoms with Crippen LogP contribution in [0.2, 0.25) is 5.02 Å². The van der Waals surface area contributed by atoms with Crippen LogP contribution < -0.4 is 5.32 Å². The van der Waals surface area contributed by atoms with E-state index in [2.05, 4.69) is 15.3 Å². The third kappa shape index (κ3) is 3.16.